The van der Waals surface area contributed by atoms with Crippen molar-refractivity contribution < 1.29 is 9.53 Å². The minimum Gasteiger partial charge on any atom is -0.427 e. The van der Waals surface area contributed by atoms with E-state index < -0.39 is 0 Å². The lowest BCUT2D eigenvalue weighted by molar-refractivity contribution is -0.131. The molecule has 0 amide bonds. The van der Waals surface area contributed by atoms with Gasteiger partial charge in [0.15, 0.2) is 0 Å². The van der Waals surface area contributed by atoms with E-state index in [4.69, 9.17) is 4.74 Å². The zero-order valence-corrected chi connectivity index (χ0v) is 13.6. The normalized spacial score (nSPS) is 33.7. The van der Waals surface area contributed by atoms with Crippen LogP contribution in [0.4, 0.5) is 0 Å². The Morgan fingerprint density at radius 3 is 3.00 bits per heavy atom. The summed E-state index contributed by atoms with van der Waals surface area (Å²) in [5, 5.41) is 0. The molecule has 2 aliphatic carbocycles. The van der Waals surface area contributed by atoms with Crippen molar-refractivity contribution in [3.8, 4) is 5.75 Å². The summed E-state index contributed by atoms with van der Waals surface area (Å²) in [6, 6.07) is 7.04. The van der Waals surface area contributed by atoms with Gasteiger partial charge < -0.3 is 9.64 Å². The SMILES string of the molecule is CC(=O)Oc1ccc2c(c1)[C@@]13CCCC[C@H]1[C@@H](C2)N(C)CC3. The van der Waals surface area contributed by atoms with Crippen molar-refractivity contribution in [1.82, 2.24) is 4.90 Å². The number of likely N-dealkylation sites (tertiary alicyclic amines) is 1. The zero-order chi connectivity index (χ0) is 15.3. The Balaban J connectivity index is 1.82. The van der Waals surface area contributed by atoms with E-state index in [2.05, 4.69) is 24.1 Å². The van der Waals surface area contributed by atoms with Crippen LogP contribution in [-0.2, 0) is 16.6 Å². The molecule has 1 saturated heterocycles. The van der Waals surface area contributed by atoms with Gasteiger partial charge >= 0.3 is 5.97 Å². The van der Waals surface area contributed by atoms with E-state index in [1.807, 2.05) is 6.07 Å². The Morgan fingerprint density at radius 1 is 1.32 bits per heavy atom. The summed E-state index contributed by atoms with van der Waals surface area (Å²) in [4.78, 5) is 13.9. The third-order valence-corrected chi connectivity index (χ3v) is 6.35. The van der Waals surface area contributed by atoms with E-state index >= 15 is 0 Å². The third-order valence-electron chi connectivity index (χ3n) is 6.35. The van der Waals surface area contributed by atoms with Crippen molar-refractivity contribution in [2.75, 3.05) is 13.6 Å². The number of benzene rings is 1. The van der Waals surface area contributed by atoms with Crippen LogP contribution in [-0.4, -0.2) is 30.5 Å². The second-order valence-corrected chi connectivity index (χ2v) is 7.42. The van der Waals surface area contributed by atoms with Crippen LogP contribution in [0, 0.1) is 5.92 Å². The van der Waals surface area contributed by atoms with Gasteiger partial charge in [-0.05, 0) is 68.5 Å². The smallest absolute Gasteiger partial charge is 0.308 e. The van der Waals surface area contributed by atoms with Gasteiger partial charge in [-0.3, -0.25) is 4.79 Å². The van der Waals surface area contributed by atoms with Crippen molar-refractivity contribution >= 4 is 5.97 Å². The fraction of sp³-hybridized carbons (Fsp3) is 0.632. The average Bonchev–Trinajstić information content (AvgIpc) is 2.51. The molecule has 1 saturated carbocycles. The van der Waals surface area contributed by atoms with Gasteiger partial charge in [-0.15, -0.1) is 0 Å². The van der Waals surface area contributed by atoms with Gasteiger partial charge in [0.05, 0.1) is 0 Å². The van der Waals surface area contributed by atoms with E-state index in [-0.39, 0.29) is 5.97 Å². The van der Waals surface area contributed by atoms with Gasteiger partial charge in [-0.1, -0.05) is 18.9 Å². The molecule has 4 rings (SSSR count). The summed E-state index contributed by atoms with van der Waals surface area (Å²) in [5.74, 6) is 1.28. The van der Waals surface area contributed by atoms with Crippen LogP contribution in [0.15, 0.2) is 18.2 Å². The van der Waals surface area contributed by atoms with E-state index in [0.717, 1.165) is 18.1 Å². The molecule has 0 spiro atoms. The van der Waals surface area contributed by atoms with Crippen LogP contribution < -0.4 is 4.74 Å². The quantitative estimate of drug-likeness (QED) is 0.588. The van der Waals surface area contributed by atoms with Crippen LogP contribution in [0.5, 0.6) is 5.75 Å². The standard InChI is InChI=1S/C19H25NO2/c1-13(21)22-15-7-6-14-11-18-16-5-3-4-8-19(16,17(14)12-15)9-10-20(18)2/h6-7,12,16,18H,3-5,8-11H2,1-2H3/t16-,18+,19+/m0/s1. The van der Waals surface area contributed by atoms with Gasteiger partial charge in [-0.25, -0.2) is 0 Å². The first-order chi connectivity index (χ1) is 10.6. The molecule has 3 atom stereocenters. The molecule has 0 radical (unpaired) electrons. The number of piperidine rings is 1. The molecule has 118 valence electrons. The molecule has 3 nitrogen and oxygen atoms in total. The van der Waals surface area contributed by atoms with Crippen molar-refractivity contribution in [3.05, 3.63) is 29.3 Å². The molecular formula is C19H25NO2. The van der Waals surface area contributed by atoms with Gasteiger partial charge in [0.25, 0.3) is 0 Å². The Kier molecular flexibility index (Phi) is 3.30. The Bertz CT molecular complexity index is 611. The Hall–Kier alpha value is -1.35. The van der Waals surface area contributed by atoms with E-state index in [9.17, 15) is 4.79 Å². The molecule has 2 bridgehead atoms. The first-order valence-electron chi connectivity index (χ1n) is 8.62. The highest BCUT2D eigenvalue weighted by Crippen LogP contribution is 2.55. The molecule has 22 heavy (non-hydrogen) atoms. The second kappa shape index (κ2) is 5.09. The summed E-state index contributed by atoms with van der Waals surface area (Å²) in [7, 11) is 2.29. The van der Waals surface area contributed by atoms with Gasteiger partial charge in [0, 0.05) is 18.4 Å². The highest BCUT2D eigenvalue weighted by atomic mass is 16.5. The number of rotatable bonds is 1. The first-order valence-corrected chi connectivity index (χ1v) is 8.62. The minimum atomic E-state index is -0.227. The van der Waals surface area contributed by atoms with Crippen LogP contribution in [0.25, 0.3) is 0 Å². The summed E-state index contributed by atoms with van der Waals surface area (Å²) >= 11 is 0. The van der Waals surface area contributed by atoms with Crippen LogP contribution in [0.3, 0.4) is 0 Å². The maximum atomic E-state index is 11.3. The molecule has 1 heterocycles. The highest BCUT2D eigenvalue weighted by molar-refractivity contribution is 5.69. The third kappa shape index (κ3) is 2.02. The van der Waals surface area contributed by atoms with Gasteiger partial charge in [-0.2, -0.15) is 0 Å². The molecule has 1 aromatic carbocycles. The largest absolute Gasteiger partial charge is 0.427 e. The topological polar surface area (TPSA) is 29.5 Å². The summed E-state index contributed by atoms with van der Waals surface area (Å²) in [5.41, 5.74) is 3.30. The molecule has 0 N–H and O–H groups in total. The van der Waals surface area contributed by atoms with Crippen LogP contribution in [0.1, 0.15) is 50.2 Å². The number of carbonyl (C=O) groups is 1. The van der Waals surface area contributed by atoms with Crippen LogP contribution >= 0.6 is 0 Å². The second-order valence-electron chi connectivity index (χ2n) is 7.42. The summed E-state index contributed by atoms with van der Waals surface area (Å²) < 4.78 is 5.37. The van der Waals surface area contributed by atoms with Gasteiger partial charge in [0.2, 0.25) is 0 Å². The fourth-order valence-corrected chi connectivity index (χ4v) is 5.41. The number of hydrogen-bond donors (Lipinski definition) is 0. The monoisotopic (exact) mass is 299 g/mol. The lowest BCUT2D eigenvalue weighted by atomic mass is 9.52. The maximum absolute atomic E-state index is 11.3. The fourth-order valence-electron chi connectivity index (χ4n) is 5.41. The average molecular weight is 299 g/mol. The number of carbonyl (C=O) groups excluding carboxylic acids is 1. The number of ether oxygens (including phenoxy) is 1. The molecule has 2 fully saturated rings. The predicted molar refractivity (Wildman–Crippen MR) is 86.1 cm³/mol. The van der Waals surface area contributed by atoms with Crippen molar-refractivity contribution in [2.45, 2.75) is 56.9 Å². The molecule has 1 aliphatic heterocycles. The number of nitrogens with zero attached hydrogens (tertiary/aromatic N) is 1. The molecule has 0 unspecified atom stereocenters. The summed E-state index contributed by atoms with van der Waals surface area (Å²) in [6.45, 7) is 2.67. The van der Waals surface area contributed by atoms with Crippen molar-refractivity contribution in [1.29, 1.82) is 0 Å². The van der Waals surface area contributed by atoms with Crippen molar-refractivity contribution in [2.24, 2.45) is 5.92 Å². The summed E-state index contributed by atoms with van der Waals surface area (Å²) in [6.07, 6.45) is 7.77. The lowest BCUT2D eigenvalue weighted by Gasteiger charge is -2.58. The number of hydrogen-bond acceptors (Lipinski definition) is 3. The molecular weight excluding hydrogens is 274 g/mol. The molecule has 3 aliphatic rings. The van der Waals surface area contributed by atoms with Crippen LogP contribution in [0.2, 0.25) is 0 Å². The molecule has 1 aromatic rings. The highest BCUT2D eigenvalue weighted by Gasteiger charge is 2.53. The predicted octanol–water partition coefficient (Wildman–Crippen LogP) is 3.30. The van der Waals surface area contributed by atoms with E-state index in [0.29, 0.717) is 11.5 Å². The number of esters is 1. The number of likely N-dealkylation sites (N-methyl/N-ethyl adjacent to an activating group) is 1. The minimum absolute atomic E-state index is 0.227. The maximum Gasteiger partial charge on any atom is 0.308 e. The Labute approximate surface area is 132 Å². The molecule has 3 heteroatoms. The van der Waals surface area contributed by atoms with E-state index in [1.165, 1.54) is 56.7 Å². The van der Waals surface area contributed by atoms with E-state index in [1.54, 1.807) is 0 Å². The number of fused-ring (bicyclic) bond motifs is 1. The van der Waals surface area contributed by atoms with Crippen molar-refractivity contribution in [3.63, 3.8) is 0 Å². The first kappa shape index (κ1) is 14.3. The Morgan fingerprint density at radius 2 is 2.18 bits per heavy atom. The van der Waals surface area contributed by atoms with Gasteiger partial charge in [0.1, 0.15) is 5.75 Å². The molecule has 0 aromatic heterocycles. The zero-order valence-electron chi connectivity index (χ0n) is 13.6. The lowest BCUT2D eigenvalue weighted by Crippen LogP contribution is -2.59.